The fourth-order valence-electron chi connectivity index (χ4n) is 1.58. The van der Waals surface area contributed by atoms with Crippen LogP contribution in [0.2, 0.25) is 0 Å². The molecule has 7 heteroatoms. The lowest BCUT2D eigenvalue weighted by Gasteiger charge is -2.24. The third kappa shape index (κ3) is 3.85. The van der Waals surface area contributed by atoms with Gasteiger partial charge in [0.1, 0.15) is 0 Å². The molecule has 0 spiro atoms. The molecule has 1 aromatic carbocycles. The summed E-state index contributed by atoms with van der Waals surface area (Å²) >= 11 is 0. The maximum atomic E-state index is 13.6. The van der Waals surface area contributed by atoms with Crippen molar-refractivity contribution in [3.05, 3.63) is 33.9 Å². The SMILES string of the molecule is CC(C)(CCO)CNc1c([N+](=O)[O-])ccc(F)c1F. The Morgan fingerprint density at radius 1 is 1.42 bits per heavy atom. The number of benzene rings is 1. The average Bonchev–Trinajstić information content (AvgIpc) is 2.30. The number of halogens is 2. The fraction of sp³-hybridized carbons (Fsp3) is 0.500. The van der Waals surface area contributed by atoms with Gasteiger partial charge in [0, 0.05) is 19.2 Å². The topological polar surface area (TPSA) is 75.4 Å². The monoisotopic (exact) mass is 274 g/mol. The summed E-state index contributed by atoms with van der Waals surface area (Å²) in [4.78, 5) is 10.00. The standard InChI is InChI=1S/C12H16F2N2O3/c1-12(2,5-6-17)7-15-11-9(16(18)19)4-3-8(13)10(11)14/h3-4,15,17H,5-7H2,1-2H3. The van der Waals surface area contributed by atoms with Crippen LogP contribution in [-0.4, -0.2) is 23.2 Å². The second-order valence-corrected chi connectivity index (χ2v) is 5.00. The van der Waals surface area contributed by atoms with Gasteiger partial charge in [-0.1, -0.05) is 13.8 Å². The lowest BCUT2D eigenvalue weighted by atomic mass is 9.89. The van der Waals surface area contributed by atoms with Gasteiger partial charge in [0.25, 0.3) is 5.69 Å². The van der Waals surface area contributed by atoms with E-state index in [1.807, 2.05) is 0 Å². The molecular formula is C12H16F2N2O3. The predicted octanol–water partition coefficient (Wildman–Crippen LogP) is 2.69. The number of aliphatic hydroxyl groups is 1. The van der Waals surface area contributed by atoms with Crippen LogP contribution >= 0.6 is 0 Å². The Kier molecular flexibility index (Phi) is 4.77. The molecule has 0 aliphatic carbocycles. The van der Waals surface area contributed by atoms with Crippen LogP contribution < -0.4 is 5.32 Å². The minimum Gasteiger partial charge on any atom is -0.396 e. The fourth-order valence-corrected chi connectivity index (χ4v) is 1.58. The van der Waals surface area contributed by atoms with Gasteiger partial charge in [-0.05, 0) is 17.9 Å². The summed E-state index contributed by atoms with van der Waals surface area (Å²) < 4.78 is 26.7. The summed E-state index contributed by atoms with van der Waals surface area (Å²) in [6.07, 6.45) is 0.435. The van der Waals surface area contributed by atoms with Crippen molar-refractivity contribution in [2.24, 2.45) is 5.41 Å². The molecule has 1 aromatic rings. The van der Waals surface area contributed by atoms with E-state index in [2.05, 4.69) is 5.32 Å². The van der Waals surface area contributed by atoms with Crippen LogP contribution in [0.15, 0.2) is 12.1 Å². The molecule has 106 valence electrons. The van der Waals surface area contributed by atoms with Gasteiger partial charge in [-0.25, -0.2) is 8.78 Å². The van der Waals surface area contributed by atoms with E-state index >= 15 is 0 Å². The zero-order valence-electron chi connectivity index (χ0n) is 10.7. The molecule has 1 rings (SSSR count). The van der Waals surface area contributed by atoms with E-state index in [-0.39, 0.29) is 13.2 Å². The number of nitrogens with one attached hydrogen (secondary N) is 1. The number of hydrogen-bond acceptors (Lipinski definition) is 4. The normalized spacial score (nSPS) is 11.4. The third-order valence-electron chi connectivity index (χ3n) is 2.80. The van der Waals surface area contributed by atoms with Gasteiger partial charge in [0.05, 0.1) is 4.92 Å². The molecule has 0 aliphatic rings. The molecule has 2 N–H and O–H groups in total. The summed E-state index contributed by atoms with van der Waals surface area (Å²) in [5.41, 5.74) is -1.38. The highest BCUT2D eigenvalue weighted by Crippen LogP contribution is 2.30. The molecule has 0 aliphatic heterocycles. The summed E-state index contributed by atoms with van der Waals surface area (Å²) in [6, 6.07) is 1.64. The number of nitro groups is 1. The first-order valence-electron chi connectivity index (χ1n) is 5.75. The van der Waals surface area contributed by atoms with Crippen molar-refractivity contribution in [2.45, 2.75) is 20.3 Å². The summed E-state index contributed by atoms with van der Waals surface area (Å²) in [6.45, 7) is 3.73. The minimum absolute atomic E-state index is 0.0532. The van der Waals surface area contributed by atoms with Gasteiger partial charge in [-0.3, -0.25) is 10.1 Å². The van der Waals surface area contributed by atoms with Gasteiger partial charge in [-0.15, -0.1) is 0 Å². The molecule has 0 fully saturated rings. The minimum atomic E-state index is -1.27. The van der Waals surface area contributed by atoms with Crippen LogP contribution in [-0.2, 0) is 0 Å². The molecule has 19 heavy (non-hydrogen) atoms. The second-order valence-electron chi connectivity index (χ2n) is 5.00. The van der Waals surface area contributed by atoms with Crippen LogP contribution in [0.4, 0.5) is 20.2 Å². The van der Waals surface area contributed by atoms with Crippen molar-refractivity contribution < 1.29 is 18.8 Å². The molecule has 0 saturated carbocycles. The van der Waals surface area contributed by atoms with Gasteiger partial charge in [-0.2, -0.15) is 0 Å². The number of aliphatic hydroxyl groups excluding tert-OH is 1. The first-order valence-corrected chi connectivity index (χ1v) is 5.75. The molecule has 0 radical (unpaired) electrons. The Morgan fingerprint density at radius 2 is 2.05 bits per heavy atom. The van der Waals surface area contributed by atoms with E-state index < -0.39 is 33.3 Å². The van der Waals surface area contributed by atoms with Crippen molar-refractivity contribution in [1.29, 1.82) is 0 Å². The number of rotatable bonds is 6. The Bertz CT molecular complexity index is 478. The first-order chi connectivity index (χ1) is 8.78. The van der Waals surface area contributed by atoms with Gasteiger partial charge in [0.2, 0.25) is 0 Å². The maximum Gasteiger partial charge on any atom is 0.295 e. The van der Waals surface area contributed by atoms with E-state index in [9.17, 15) is 18.9 Å². The van der Waals surface area contributed by atoms with E-state index in [1.54, 1.807) is 13.8 Å². The van der Waals surface area contributed by atoms with Crippen molar-refractivity contribution in [1.82, 2.24) is 0 Å². The largest absolute Gasteiger partial charge is 0.396 e. The summed E-state index contributed by atoms with van der Waals surface area (Å²) in [5.74, 6) is -2.41. The first kappa shape index (κ1) is 15.3. The van der Waals surface area contributed by atoms with E-state index in [4.69, 9.17) is 5.11 Å². The second kappa shape index (κ2) is 5.92. The van der Waals surface area contributed by atoms with Gasteiger partial charge < -0.3 is 10.4 Å². The van der Waals surface area contributed by atoms with Crippen LogP contribution in [0.25, 0.3) is 0 Å². The van der Waals surface area contributed by atoms with Crippen LogP contribution in [0.1, 0.15) is 20.3 Å². The van der Waals surface area contributed by atoms with Crippen LogP contribution in [0, 0.1) is 27.2 Å². The average molecular weight is 274 g/mol. The van der Waals surface area contributed by atoms with Crippen molar-refractivity contribution >= 4 is 11.4 Å². The lowest BCUT2D eigenvalue weighted by Crippen LogP contribution is -2.25. The molecule has 0 saturated heterocycles. The molecule has 5 nitrogen and oxygen atoms in total. The van der Waals surface area contributed by atoms with E-state index in [0.717, 1.165) is 12.1 Å². The van der Waals surface area contributed by atoms with Crippen molar-refractivity contribution in [3.63, 3.8) is 0 Å². The van der Waals surface area contributed by atoms with Gasteiger partial charge >= 0.3 is 0 Å². The molecule has 0 amide bonds. The van der Waals surface area contributed by atoms with Crippen molar-refractivity contribution in [3.8, 4) is 0 Å². The molecule has 0 unspecified atom stereocenters. The Labute approximate surface area is 109 Å². The summed E-state index contributed by atoms with van der Waals surface area (Å²) in [5, 5.41) is 22.2. The predicted molar refractivity (Wildman–Crippen MR) is 67.0 cm³/mol. The zero-order chi connectivity index (χ0) is 14.6. The van der Waals surface area contributed by atoms with Crippen LogP contribution in [0.5, 0.6) is 0 Å². The Hall–Kier alpha value is -1.76. The van der Waals surface area contributed by atoms with E-state index in [1.165, 1.54) is 0 Å². The number of nitro benzene ring substituents is 1. The number of anilines is 1. The molecule has 0 aromatic heterocycles. The molecule has 0 heterocycles. The third-order valence-corrected chi connectivity index (χ3v) is 2.80. The van der Waals surface area contributed by atoms with Crippen molar-refractivity contribution in [2.75, 3.05) is 18.5 Å². The number of hydrogen-bond donors (Lipinski definition) is 2. The van der Waals surface area contributed by atoms with Gasteiger partial charge in [0.15, 0.2) is 17.3 Å². The maximum absolute atomic E-state index is 13.6. The lowest BCUT2D eigenvalue weighted by molar-refractivity contribution is -0.384. The molecule has 0 bridgehead atoms. The smallest absolute Gasteiger partial charge is 0.295 e. The molecular weight excluding hydrogens is 258 g/mol. The van der Waals surface area contributed by atoms with E-state index in [0.29, 0.717) is 6.42 Å². The Morgan fingerprint density at radius 3 is 2.58 bits per heavy atom. The molecule has 0 atom stereocenters. The number of nitrogens with zero attached hydrogens (tertiary/aromatic N) is 1. The van der Waals surface area contributed by atoms with Crippen LogP contribution in [0.3, 0.4) is 0 Å². The highest BCUT2D eigenvalue weighted by molar-refractivity contribution is 5.62. The Balaban J connectivity index is 2.99. The quantitative estimate of drug-likeness (QED) is 0.617. The highest BCUT2D eigenvalue weighted by atomic mass is 19.2. The highest BCUT2D eigenvalue weighted by Gasteiger charge is 2.24. The zero-order valence-corrected chi connectivity index (χ0v) is 10.7. The summed E-state index contributed by atoms with van der Waals surface area (Å²) in [7, 11) is 0.